The topological polar surface area (TPSA) is 18.5 Å². The molecule has 0 amide bonds. The van der Waals surface area contributed by atoms with Crippen LogP contribution in [-0.4, -0.2) is 36.7 Å². The minimum absolute atomic E-state index is 0.116. The van der Waals surface area contributed by atoms with Gasteiger partial charge in [0.1, 0.15) is 0 Å². The van der Waals surface area contributed by atoms with E-state index in [0.717, 1.165) is 12.7 Å². The Hall–Kier alpha value is 0.264. The predicted octanol–water partition coefficient (Wildman–Crippen LogP) is 5.24. The van der Waals surface area contributed by atoms with Crippen molar-refractivity contribution < 1.29 is 9.31 Å². The van der Waals surface area contributed by atoms with Crippen molar-refractivity contribution in [2.75, 3.05) is 0 Å². The Balaban J connectivity index is 2.74. The van der Waals surface area contributed by atoms with Gasteiger partial charge in [0, 0.05) is 0 Å². The summed E-state index contributed by atoms with van der Waals surface area (Å²) >= 11 is -1.98. The Kier molecular flexibility index (Phi) is 6.25. The van der Waals surface area contributed by atoms with E-state index in [9.17, 15) is 0 Å². The molecular weight excluding hydrogens is 366 g/mol. The van der Waals surface area contributed by atoms with E-state index in [1.807, 2.05) is 0 Å². The summed E-state index contributed by atoms with van der Waals surface area (Å²) in [5.41, 5.74) is 0.972. The summed E-state index contributed by atoms with van der Waals surface area (Å²) in [4.78, 5) is 7.43. The first-order chi connectivity index (χ1) is 9.43. The molecular formula is C17H33BO2Sn. The number of rotatable bonds is 5. The quantitative estimate of drug-likeness (QED) is 0.465. The first kappa shape index (κ1) is 19.3. The van der Waals surface area contributed by atoms with Gasteiger partial charge in [-0.15, -0.1) is 0 Å². The summed E-state index contributed by atoms with van der Waals surface area (Å²) in [7, 11) is -0.116. The van der Waals surface area contributed by atoms with Gasteiger partial charge in [0.2, 0.25) is 0 Å². The van der Waals surface area contributed by atoms with Gasteiger partial charge < -0.3 is 0 Å². The standard InChI is InChI=1S/C14H24BO2.3CH3.Sn/c1-7-9-10-12(8-2)11-15-16-13(3,4)14(5,6)17-15;;;;/h7-8H,10-11H2,1-6H3;3*1H3;. The molecule has 1 saturated heterocycles. The molecule has 1 aliphatic rings. The molecule has 0 spiro atoms. The Morgan fingerprint density at radius 1 is 0.952 bits per heavy atom. The van der Waals surface area contributed by atoms with Crippen molar-refractivity contribution in [1.29, 1.82) is 0 Å². The van der Waals surface area contributed by atoms with E-state index < -0.39 is 18.4 Å². The molecule has 0 radical (unpaired) electrons. The molecule has 0 saturated carbocycles. The molecule has 0 atom stereocenters. The second-order valence-electron chi connectivity index (χ2n) is 8.08. The van der Waals surface area contributed by atoms with Gasteiger partial charge in [0.15, 0.2) is 0 Å². The van der Waals surface area contributed by atoms with E-state index >= 15 is 0 Å². The van der Waals surface area contributed by atoms with Gasteiger partial charge in [-0.25, -0.2) is 0 Å². The van der Waals surface area contributed by atoms with E-state index in [1.54, 1.807) is 3.59 Å². The molecule has 0 bridgehead atoms. The van der Waals surface area contributed by atoms with Gasteiger partial charge in [-0.2, -0.15) is 0 Å². The molecule has 0 aliphatic carbocycles. The zero-order valence-corrected chi connectivity index (χ0v) is 18.3. The molecule has 4 heteroatoms. The molecule has 1 fully saturated rings. The first-order valence-electron chi connectivity index (χ1n) is 8.08. The summed E-state index contributed by atoms with van der Waals surface area (Å²) < 4.78 is 13.9. The second kappa shape index (κ2) is 6.80. The third kappa shape index (κ3) is 4.87. The monoisotopic (exact) mass is 400 g/mol. The van der Waals surface area contributed by atoms with Crippen molar-refractivity contribution in [2.24, 2.45) is 0 Å². The van der Waals surface area contributed by atoms with Crippen molar-refractivity contribution in [1.82, 2.24) is 0 Å². The number of allylic oxidation sites excluding steroid dienone is 4. The number of hydrogen-bond acceptors (Lipinski definition) is 2. The SMILES string of the molecule is CC=C(CB1OC(C)(C)C(C)(C)O1)C[C](=CC)[Sn]([CH3])([CH3])[CH3]. The van der Waals surface area contributed by atoms with Crippen LogP contribution in [0, 0.1) is 0 Å². The average molecular weight is 399 g/mol. The third-order valence-corrected chi connectivity index (χ3v) is 11.7. The normalized spacial score (nSPS) is 22.8. The summed E-state index contributed by atoms with van der Waals surface area (Å²) in [6, 6.07) is 0. The van der Waals surface area contributed by atoms with Crippen LogP contribution < -0.4 is 0 Å². The summed E-state index contributed by atoms with van der Waals surface area (Å²) in [5.74, 6) is 0. The minimum atomic E-state index is -1.98. The number of hydrogen-bond donors (Lipinski definition) is 0. The molecule has 0 unspecified atom stereocenters. The van der Waals surface area contributed by atoms with Gasteiger partial charge in [0.05, 0.1) is 0 Å². The first-order valence-corrected chi connectivity index (χ1v) is 18.1. The van der Waals surface area contributed by atoms with Crippen LogP contribution in [-0.2, 0) is 9.31 Å². The molecule has 1 heterocycles. The van der Waals surface area contributed by atoms with Crippen molar-refractivity contribution in [3.8, 4) is 0 Å². The van der Waals surface area contributed by atoms with Crippen LogP contribution >= 0.6 is 0 Å². The van der Waals surface area contributed by atoms with Gasteiger partial charge in [-0.1, -0.05) is 0 Å². The molecule has 1 rings (SSSR count). The van der Waals surface area contributed by atoms with Crippen LogP contribution in [0.2, 0.25) is 21.1 Å². The molecule has 2 nitrogen and oxygen atoms in total. The molecule has 0 aromatic heterocycles. The average Bonchev–Trinajstić information content (AvgIpc) is 2.51. The van der Waals surface area contributed by atoms with Crippen LogP contribution in [0.3, 0.4) is 0 Å². The third-order valence-electron chi connectivity index (χ3n) is 4.87. The molecule has 1 aliphatic heterocycles. The van der Waals surface area contributed by atoms with E-state index in [2.05, 4.69) is 68.5 Å². The fraction of sp³-hybridized carbons (Fsp3) is 0.765. The molecule has 0 aromatic rings. The van der Waals surface area contributed by atoms with E-state index in [1.165, 1.54) is 5.57 Å². The van der Waals surface area contributed by atoms with Crippen molar-refractivity contribution in [3.05, 3.63) is 21.3 Å². The van der Waals surface area contributed by atoms with Crippen LogP contribution in [0.15, 0.2) is 21.3 Å². The zero-order chi connectivity index (χ0) is 16.5. The van der Waals surface area contributed by atoms with Gasteiger partial charge in [-0.3, -0.25) is 0 Å². The summed E-state index contributed by atoms with van der Waals surface area (Å²) in [6.45, 7) is 12.8. The molecule has 21 heavy (non-hydrogen) atoms. The predicted molar refractivity (Wildman–Crippen MR) is 96.4 cm³/mol. The van der Waals surface area contributed by atoms with Crippen LogP contribution in [0.1, 0.15) is 48.0 Å². The van der Waals surface area contributed by atoms with Gasteiger partial charge in [-0.05, 0) is 0 Å². The Bertz CT molecular complexity index is 415. The van der Waals surface area contributed by atoms with Crippen LogP contribution in [0.5, 0.6) is 0 Å². The van der Waals surface area contributed by atoms with Gasteiger partial charge >= 0.3 is 136 Å². The fourth-order valence-corrected chi connectivity index (χ4v) is 7.23. The molecule has 120 valence electrons. The van der Waals surface area contributed by atoms with E-state index in [0.29, 0.717) is 0 Å². The second-order valence-corrected chi connectivity index (χ2v) is 22.8. The van der Waals surface area contributed by atoms with E-state index in [4.69, 9.17) is 9.31 Å². The van der Waals surface area contributed by atoms with Crippen LogP contribution in [0.25, 0.3) is 0 Å². The molecule has 0 N–H and O–H groups in total. The zero-order valence-electron chi connectivity index (χ0n) is 15.5. The van der Waals surface area contributed by atoms with E-state index in [-0.39, 0.29) is 18.3 Å². The van der Waals surface area contributed by atoms with Crippen molar-refractivity contribution in [3.63, 3.8) is 0 Å². The van der Waals surface area contributed by atoms with Crippen molar-refractivity contribution >= 4 is 25.5 Å². The fourth-order valence-electron chi connectivity index (χ4n) is 2.60. The Morgan fingerprint density at radius 3 is 1.76 bits per heavy atom. The summed E-state index contributed by atoms with van der Waals surface area (Å²) in [6.07, 6.45) is 6.55. The Morgan fingerprint density at radius 2 is 1.43 bits per heavy atom. The summed E-state index contributed by atoms with van der Waals surface area (Å²) in [5, 5.41) is 0. The maximum atomic E-state index is 6.13. The Labute approximate surface area is 136 Å². The molecule has 0 aromatic carbocycles. The van der Waals surface area contributed by atoms with Crippen molar-refractivity contribution in [2.45, 2.75) is 80.3 Å². The van der Waals surface area contributed by atoms with Crippen LogP contribution in [0.4, 0.5) is 0 Å². The van der Waals surface area contributed by atoms with Gasteiger partial charge in [0.25, 0.3) is 0 Å². The maximum absolute atomic E-state index is 6.13.